The first-order valence-corrected chi connectivity index (χ1v) is 3.22. The molecule has 0 fully saturated rings. The Morgan fingerprint density at radius 2 is 2.00 bits per heavy atom. The molecule has 0 amide bonds. The summed E-state index contributed by atoms with van der Waals surface area (Å²) in [6.07, 6.45) is 3.27. The predicted molar refractivity (Wildman–Crippen MR) is 41.9 cm³/mol. The van der Waals surface area contributed by atoms with E-state index >= 15 is 0 Å². The van der Waals surface area contributed by atoms with Crippen molar-refractivity contribution in [2.75, 3.05) is 0 Å². The van der Waals surface area contributed by atoms with Gasteiger partial charge in [0.05, 0.1) is 0 Å². The summed E-state index contributed by atoms with van der Waals surface area (Å²) in [5.74, 6) is 0.465. The summed E-state index contributed by atoms with van der Waals surface area (Å²) in [5.41, 5.74) is -0.111. The van der Waals surface area contributed by atoms with Crippen molar-refractivity contribution in [3.8, 4) is 0 Å². The van der Waals surface area contributed by atoms with Gasteiger partial charge in [-0.25, -0.2) is 0 Å². The summed E-state index contributed by atoms with van der Waals surface area (Å²) in [5, 5.41) is 7.09. The van der Waals surface area contributed by atoms with E-state index in [1.165, 1.54) is 6.21 Å². The molecule has 1 N–H and O–H groups in total. The van der Waals surface area contributed by atoms with E-state index in [1.54, 1.807) is 0 Å². The molecule has 0 aromatic rings. The van der Waals surface area contributed by atoms with Crippen LogP contribution >= 0.6 is 0 Å². The minimum atomic E-state index is -0.111. The summed E-state index contributed by atoms with van der Waals surface area (Å²) < 4.78 is 0. The Morgan fingerprint density at radius 1 is 1.56 bits per heavy atom. The third-order valence-corrected chi connectivity index (χ3v) is 1.99. The van der Waals surface area contributed by atoms with Crippen molar-refractivity contribution in [3.63, 3.8) is 0 Å². The largest absolute Gasteiger partial charge is 0.312 e. The second-order valence-electron chi connectivity index (χ2n) is 2.87. The van der Waals surface area contributed by atoms with Crippen LogP contribution in [0.1, 0.15) is 20.8 Å². The first-order chi connectivity index (χ1) is 4.06. The number of hydrogen-bond acceptors (Lipinski definition) is 1. The van der Waals surface area contributed by atoms with Crippen LogP contribution in [0.2, 0.25) is 0 Å². The quantitative estimate of drug-likeness (QED) is 0.442. The first kappa shape index (κ1) is 8.41. The van der Waals surface area contributed by atoms with Crippen LogP contribution in [0.25, 0.3) is 0 Å². The SMILES string of the molecule is C=CC(C)(C=N)C(C)C. The Hall–Kier alpha value is -0.590. The van der Waals surface area contributed by atoms with Gasteiger partial charge in [0.1, 0.15) is 0 Å². The van der Waals surface area contributed by atoms with Crippen molar-refractivity contribution in [2.45, 2.75) is 20.8 Å². The summed E-state index contributed by atoms with van der Waals surface area (Å²) in [4.78, 5) is 0. The van der Waals surface area contributed by atoms with Crippen LogP contribution < -0.4 is 0 Å². The maximum absolute atomic E-state index is 7.09. The monoisotopic (exact) mass is 125 g/mol. The molecule has 0 radical (unpaired) electrons. The van der Waals surface area contributed by atoms with Gasteiger partial charge in [-0.2, -0.15) is 0 Å². The molecule has 0 bridgehead atoms. The third-order valence-electron chi connectivity index (χ3n) is 1.99. The molecule has 0 aliphatic rings. The third kappa shape index (κ3) is 1.67. The van der Waals surface area contributed by atoms with Crippen molar-refractivity contribution in [2.24, 2.45) is 11.3 Å². The van der Waals surface area contributed by atoms with Gasteiger partial charge >= 0.3 is 0 Å². The minimum absolute atomic E-state index is 0.111. The molecule has 9 heavy (non-hydrogen) atoms. The van der Waals surface area contributed by atoms with Crippen molar-refractivity contribution >= 4 is 6.21 Å². The molecule has 52 valence electrons. The zero-order valence-electron chi connectivity index (χ0n) is 6.44. The van der Waals surface area contributed by atoms with E-state index in [0.717, 1.165) is 0 Å². The highest BCUT2D eigenvalue weighted by molar-refractivity contribution is 5.64. The number of hydrogen-bond donors (Lipinski definition) is 1. The van der Waals surface area contributed by atoms with Crippen LogP contribution in [-0.2, 0) is 0 Å². The lowest BCUT2D eigenvalue weighted by Gasteiger charge is -2.24. The molecule has 0 spiro atoms. The average molecular weight is 125 g/mol. The first-order valence-electron chi connectivity index (χ1n) is 3.22. The molecule has 0 aliphatic carbocycles. The van der Waals surface area contributed by atoms with Crippen molar-refractivity contribution in [3.05, 3.63) is 12.7 Å². The van der Waals surface area contributed by atoms with Gasteiger partial charge in [0.25, 0.3) is 0 Å². The second kappa shape index (κ2) is 2.81. The maximum atomic E-state index is 7.09. The summed E-state index contributed by atoms with van der Waals surface area (Å²) in [6, 6.07) is 0. The molecule has 0 saturated carbocycles. The van der Waals surface area contributed by atoms with E-state index in [0.29, 0.717) is 5.92 Å². The van der Waals surface area contributed by atoms with Crippen LogP contribution in [0.5, 0.6) is 0 Å². The van der Waals surface area contributed by atoms with Crippen LogP contribution in [0, 0.1) is 16.7 Å². The molecule has 1 atom stereocenters. The number of nitrogens with one attached hydrogen (secondary N) is 1. The summed E-state index contributed by atoms with van der Waals surface area (Å²) in [7, 11) is 0. The Morgan fingerprint density at radius 3 is 2.00 bits per heavy atom. The Kier molecular flexibility index (Phi) is 2.63. The van der Waals surface area contributed by atoms with Gasteiger partial charge in [-0.3, -0.25) is 0 Å². The lowest BCUT2D eigenvalue weighted by atomic mass is 9.81. The summed E-state index contributed by atoms with van der Waals surface area (Å²) >= 11 is 0. The van der Waals surface area contributed by atoms with Gasteiger partial charge in [-0.05, 0) is 5.92 Å². The number of rotatable bonds is 3. The highest BCUT2D eigenvalue weighted by Gasteiger charge is 2.20. The Balaban J connectivity index is 4.26. The van der Waals surface area contributed by atoms with Crippen molar-refractivity contribution in [1.29, 1.82) is 5.41 Å². The molecule has 0 aromatic carbocycles. The molecule has 1 heteroatoms. The van der Waals surface area contributed by atoms with Crippen molar-refractivity contribution < 1.29 is 0 Å². The fraction of sp³-hybridized carbons (Fsp3) is 0.625. The van der Waals surface area contributed by atoms with Crippen molar-refractivity contribution in [1.82, 2.24) is 0 Å². The highest BCUT2D eigenvalue weighted by Crippen LogP contribution is 2.24. The summed E-state index contributed by atoms with van der Waals surface area (Å²) in [6.45, 7) is 9.87. The Bertz CT molecular complexity index is 106. The van der Waals surface area contributed by atoms with Gasteiger partial charge in [-0.1, -0.05) is 26.8 Å². The van der Waals surface area contributed by atoms with E-state index < -0.39 is 0 Å². The van der Waals surface area contributed by atoms with Gasteiger partial charge in [0, 0.05) is 11.6 Å². The van der Waals surface area contributed by atoms with Crippen LogP contribution in [-0.4, -0.2) is 6.21 Å². The van der Waals surface area contributed by atoms with E-state index in [2.05, 4.69) is 20.4 Å². The molecule has 0 saturated heterocycles. The maximum Gasteiger partial charge on any atom is 0.0221 e. The lowest BCUT2D eigenvalue weighted by molar-refractivity contribution is 0.423. The number of allylic oxidation sites excluding steroid dienone is 1. The van der Waals surface area contributed by atoms with E-state index in [9.17, 15) is 0 Å². The smallest absolute Gasteiger partial charge is 0.0221 e. The second-order valence-corrected chi connectivity index (χ2v) is 2.87. The molecule has 0 aromatic heterocycles. The van der Waals surface area contributed by atoms with Gasteiger partial charge < -0.3 is 5.41 Å². The minimum Gasteiger partial charge on any atom is -0.312 e. The van der Waals surface area contributed by atoms with E-state index in [-0.39, 0.29) is 5.41 Å². The highest BCUT2D eigenvalue weighted by atomic mass is 14.4. The zero-order chi connectivity index (χ0) is 7.49. The normalized spacial score (nSPS) is 16.9. The van der Waals surface area contributed by atoms with E-state index in [1.807, 2.05) is 13.0 Å². The Labute approximate surface area is 57.3 Å². The fourth-order valence-electron chi connectivity index (χ4n) is 0.461. The van der Waals surface area contributed by atoms with Crippen LogP contribution in [0.4, 0.5) is 0 Å². The molecule has 0 rings (SSSR count). The fourth-order valence-corrected chi connectivity index (χ4v) is 0.461. The van der Waals surface area contributed by atoms with E-state index in [4.69, 9.17) is 5.41 Å². The molecule has 1 nitrogen and oxygen atoms in total. The van der Waals surface area contributed by atoms with Gasteiger partial charge in [-0.15, -0.1) is 6.58 Å². The van der Waals surface area contributed by atoms with Gasteiger partial charge in [0.2, 0.25) is 0 Å². The molecule has 0 aliphatic heterocycles. The zero-order valence-corrected chi connectivity index (χ0v) is 6.44. The predicted octanol–water partition coefficient (Wildman–Crippen LogP) is 2.48. The molecule has 1 unspecified atom stereocenters. The lowest BCUT2D eigenvalue weighted by Crippen LogP contribution is -2.21. The van der Waals surface area contributed by atoms with Gasteiger partial charge in [0.15, 0.2) is 0 Å². The molecular formula is C8H15N. The van der Waals surface area contributed by atoms with Crippen LogP contribution in [0.15, 0.2) is 12.7 Å². The van der Waals surface area contributed by atoms with Crippen LogP contribution in [0.3, 0.4) is 0 Å². The molecule has 0 heterocycles. The topological polar surface area (TPSA) is 23.9 Å². The standard InChI is InChI=1S/C8H15N/c1-5-8(4,6-9)7(2)3/h5-7,9H,1H2,2-4H3. The average Bonchev–Trinajstić information content (AvgIpc) is 1.86. The molecular weight excluding hydrogens is 110 g/mol.